The number of benzene rings is 2. The number of rotatable bonds is 2. The van der Waals surface area contributed by atoms with Gasteiger partial charge in [0.1, 0.15) is 5.82 Å². The van der Waals surface area contributed by atoms with Gasteiger partial charge in [-0.05, 0) is 28.7 Å². The summed E-state index contributed by atoms with van der Waals surface area (Å²) in [5.41, 5.74) is 4.96. The van der Waals surface area contributed by atoms with Gasteiger partial charge in [0.05, 0.1) is 10.9 Å². The van der Waals surface area contributed by atoms with Gasteiger partial charge in [-0.2, -0.15) is 4.57 Å². The minimum absolute atomic E-state index is 0.0924. The predicted molar refractivity (Wildman–Crippen MR) is 109 cm³/mol. The minimum Gasteiger partial charge on any atom is -0.207 e. The molecule has 27 heavy (non-hydrogen) atoms. The van der Waals surface area contributed by atoms with E-state index in [1.165, 1.54) is 22.0 Å². The van der Waals surface area contributed by atoms with Gasteiger partial charge in [0, 0.05) is 29.9 Å². The van der Waals surface area contributed by atoms with Crippen molar-refractivity contribution in [1.29, 1.82) is 0 Å². The highest BCUT2D eigenvalue weighted by molar-refractivity contribution is 6.02. The average Bonchev–Trinajstić information content (AvgIpc) is 2.81. The third kappa shape index (κ3) is 1.91. The van der Waals surface area contributed by atoms with E-state index in [1.54, 1.807) is 6.07 Å². The monoisotopic (exact) mass is 358 g/mol. The van der Waals surface area contributed by atoms with Gasteiger partial charge in [0.25, 0.3) is 0 Å². The smallest absolute Gasteiger partial charge is 0.207 e. The highest BCUT2D eigenvalue weighted by atomic mass is 19.1. The molecular weight excluding hydrogens is 333 g/mol. The molecule has 0 amide bonds. The van der Waals surface area contributed by atoms with E-state index in [2.05, 4.69) is 74.9 Å². The first-order chi connectivity index (χ1) is 12.9. The molecule has 0 unspecified atom stereocenters. The lowest BCUT2D eigenvalue weighted by molar-refractivity contribution is -0.742. The lowest BCUT2D eigenvalue weighted by Gasteiger charge is -2.35. The van der Waals surface area contributed by atoms with Crippen LogP contribution in [0.2, 0.25) is 0 Å². The Kier molecular flexibility index (Phi) is 3.26. The minimum atomic E-state index is -0.375. The second kappa shape index (κ2) is 5.28. The normalized spacial score (nSPS) is 17.8. The molecule has 5 rings (SSSR count). The zero-order valence-corrected chi connectivity index (χ0v) is 16.4. The quantitative estimate of drug-likeness (QED) is 0.486. The summed E-state index contributed by atoms with van der Waals surface area (Å²) in [5.74, 6) is -0.106. The SMILES string of the molecule is CCC1(CC)C=Cc2ccc(F)c3c2-c2c4c(cccc4cc[n+]21)C3(C)C. The van der Waals surface area contributed by atoms with Gasteiger partial charge < -0.3 is 0 Å². The van der Waals surface area contributed by atoms with E-state index in [4.69, 9.17) is 0 Å². The summed E-state index contributed by atoms with van der Waals surface area (Å²) in [6, 6.07) is 12.3. The van der Waals surface area contributed by atoms with Crippen LogP contribution in [0.15, 0.2) is 48.7 Å². The molecule has 2 aliphatic rings. The molecule has 0 radical (unpaired) electrons. The van der Waals surface area contributed by atoms with E-state index in [0.717, 1.165) is 29.5 Å². The van der Waals surface area contributed by atoms with Gasteiger partial charge in [0.2, 0.25) is 5.69 Å². The van der Waals surface area contributed by atoms with E-state index in [1.807, 2.05) is 6.07 Å². The number of halogens is 1. The summed E-state index contributed by atoms with van der Waals surface area (Å²) >= 11 is 0. The van der Waals surface area contributed by atoms with Crippen molar-refractivity contribution in [2.45, 2.75) is 51.5 Å². The van der Waals surface area contributed by atoms with Gasteiger partial charge in [0.15, 0.2) is 11.7 Å². The molecule has 0 N–H and O–H groups in total. The van der Waals surface area contributed by atoms with Crippen LogP contribution in [0.1, 0.15) is 57.2 Å². The van der Waals surface area contributed by atoms with Crippen molar-refractivity contribution in [2.75, 3.05) is 0 Å². The van der Waals surface area contributed by atoms with Crippen molar-refractivity contribution >= 4 is 16.8 Å². The number of hydrogen-bond acceptors (Lipinski definition) is 0. The molecule has 0 fully saturated rings. The molecule has 3 aromatic rings. The molecule has 0 saturated heterocycles. The first-order valence-electron chi connectivity index (χ1n) is 9.95. The highest BCUT2D eigenvalue weighted by Gasteiger charge is 2.46. The van der Waals surface area contributed by atoms with Crippen LogP contribution in [-0.4, -0.2) is 0 Å². The Bertz CT molecular complexity index is 1130. The van der Waals surface area contributed by atoms with Crippen molar-refractivity contribution in [3.05, 3.63) is 71.2 Å². The number of aromatic nitrogens is 1. The fourth-order valence-corrected chi connectivity index (χ4v) is 5.35. The maximum absolute atomic E-state index is 15.2. The predicted octanol–water partition coefficient (Wildman–Crippen LogP) is 6.11. The fraction of sp³-hybridized carbons (Fsp3) is 0.320. The standard InChI is InChI=1S/C25H25FN/c1-5-25(6-2)14-12-17-10-11-19(26)22-21(17)23-20-16(13-15-27(23)25)8-7-9-18(20)24(22,3)4/h7-15H,5-6H2,1-4H3/q+1. The summed E-state index contributed by atoms with van der Waals surface area (Å²) in [4.78, 5) is 0. The first kappa shape index (κ1) is 16.7. The second-order valence-electron chi connectivity index (χ2n) is 8.46. The molecule has 1 nitrogen and oxygen atoms in total. The lowest BCUT2D eigenvalue weighted by atomic mass is 9.68. The molecule has 0 bridgehead atoms. The van der Waals surface area contributed by atoms with E-state index in [-0.39, 0.29) is 16.8 Å². The third-order valence-electron chi connectivity index (χ3n) is 6.98. The molecular formula is C25H25FN+. The van der Waals surface area contributed by atoms with E-state index in [0.29, 0.717) is 0 Å². The fourth-order valence-electron chi connectivity index (χ4n) is 5.35. The molecule has 1 aliphatic carbocycles. The van der Waals surface area contributed by atoms with E-state index >= 15 is 4.39 Å². The maximum Gasteiger partial charge on any atom is 0.222 e. The molecule has 2 heteroatoms. The zero-order valence-electron chi connectivity index (χ0n) is 16.4. The van der Waals surface area contributed by atoms with Crippen molar-refractivity contribution in [3.8, 4) is 11.3 Å². The van der Waals surface area contributed by atoms with Gasteiger partial charge in [-0.1, -0.05) is 58.0 Å². The Hall–Kier alpha value is -2.48. The van der Waals surface area contributed by atoms with Gasteiger partial charge in [-0.3, -0.25) is 0 Å². The Balaban J connectivity index is 2.10. The molecule has 136 valence electrons. The summed E-state index contributed by atoms with van der Waals surface area (Å²) in [6.07, 6.45) is 8.76. The summed E-state index contributed by atoms with van der Waals surface area (Å²) in [7, 11) is 0. The summed E-state index contributed by atoms with van der Waals surface area (Å²) in [5, 5.41) is 2.51. The molecule has 0 spiro atoms. The van der Waals surface area contributed by atoms with Crippen LogP contribution >= 0.6 is 0 Å². The number of allylic oxidation sites excluding steroid dienone is 1. The highest BCUT2D eigenvalue weighted by Crippen LogP contribution is 2.51. The van der Waals surface area contributed by atoms with Crippen molar-refractivity contribution in [3.63, 3.8) is 0 Å². The maximum atomic E-state index is 15.2. The molecule has 2 heterocycles. The van der Waals surface area contributed by atoms with Crippen LogP contribution in [0.3, 0.4) is 0 Å². The number of nitrogens with zero attached hydrogens (tertiary/aromatic N) is 1. The van der Waals surface area contributed by atoms with Crippen LogP contribution in [0.5, 0.6) is 0 Å². The summed E-state index contributed by atoms with van der Waals surface area (Å²) < 4.78 is 17.7. The zero-order chi connectivity index (χ0) is 19.0. The molecule has 0 atom stereocenters. The number of pyridine rings is 1. The molecule has 1 aromatic heterocycles. The lowest BCUT2D eigenvalue weighted by Crippen LogP contribution is -2.56. The van der Waals surface area contributed by atoms with Crippen molar-refractivity contribution < 1.29 is 8.96 Å². The Morgan fingerprint density at radius 2 is 1.78 bits per heavy atom. The Labute approximate surface area is 160 Å². The van der Waals surface area contributed by atoms with Crippen LogP contribution < -0.4 is 4.57 Å². The van der Waals surface area contributed by atoms with Crippen LogP contribution in [0.4, 0.5) is 4.39 Å². The molecule has 1 aliphatic heterocycles. The van der Waals surface area contributed by atoms with Crippen molar-refractivity contribution in [1.82, 2.24) is 0 Å². The van der Waals surface area contributed by atoms with Crippen LogP contribution in [0.25, 0.3) is 28.1 Å². The third-order valence-corrected chi connectivity index (χ3v) is 6.98. The molecule has 0 saturated carbocycles. The van der Waals surface area contributed by atoms with Gasteiger partial charge in [-0.25, -0.2) is 4.39 Å². The van der Waals surface area contributed by atoms with E-state index < -0.39 is 0 Å². The van der Waals surface area contributed by atoms with E-state index in [9.17, 15) is 0 Å². The average molecular weight is 358 g/mol. The number of hydrogen-bond donors (Lipinski definition) is 0. The molecule has 2 aromatic carbocycles. The Morgan fingerprint density at radius 3 is 2.52 bits per heavy atom. The first-order valence-corrected chi connectivity index (χ1v) is 9.95. The van der Waals surface area contributed by atoms with Gasteiger partial charge in [-0.15, -0.1) is 0 Å². The van der Waals surface area contributed by atoms with Crippen LogP contribution in [-0.2, 0) is 11.0 Å². The summed E-state index contributed by atoms with van der Waals surface area (Å²) in [6.45, 7) is 8.80. The largest absolute Gasteiger partial charge is 0.222 e. The Morgan fingerprint density at radius 1 is 1.00 bits per heavy atom. The second-order valence-corrected chi connectivity index (χ2v) is 8.46. The van der Waals surface area contributed by atoms with Gasteiger partial charge >= 0.3 is 0 Å². The topological polar surface area (TPSA) is 3.88 Å². The van der Waals surface area contributed by atoms with Crippen LogP contribution in [0, 0.1) is 5.82 Å². The van der Waals surface area contributed by atoms with Crippen molar-refractivity contribution in [2.24, 2.45) is 0 Å².